The van der Waals surface area contributed by atoms with Gasteiger partial charge in [-0.1, -0.05) is 36.4 Å². The van der Waals surface area contributed by atoms with Gasteiger partial charge in [0.25, 0.3) is 0 Å². The van der Waals surface area contributed by atoms with Gasteiger partial charge in [0.2, 0.25) is 17.8 Å². The van der Waals surface area contributed by atoms with Crippen LogP contribution in [0.25, 0.3) is 0 Å². The number of anilines is 5. The van der Waals surface area contributed by atoms with Crippen molar-refractivity contribution in [3.63, 3.8) is 0 Å². The molecule has 1 fully saturated rings. The third kappa shape index (κ3) is 5.21. The molecule has 1 aromatic heterocycles. The predicted molar refractivity (Wildman–Crippen MR) is 116 cm³/mol. The monoisotopic (exact) mass is 405 g/mol. The number of nitrogens with zero attached hydrogens (tertiary/aromatic N) is 5. The van der Waals surface area contributed by atoms with Crippen molar-refractivity contribution < 1.29 is 9.90 Å². The van der Waals surface area contributed by atoms with Crippen molar-refractivity contribution in [3.8, 4) is 0 Å². The van der Waals surface area contributed by atoms with Crippen LogP contribution in [-0.4, -0.2) is 63.7 Å². The lowest BCUT2D eigenvalue weighted by atomic mass is 10.3. The Labute approximate surface area is 174 Å². The van der Waals surface area contributed by atoms with Crippen LogP contribution in [0.5, 0.6) is 0 Å². The van der Waals surface area contributed by atoms with Gasteiger partial charge in [0.1, 0.15) is 0 Å². The number of benzene rings is 2. The topological polar surface area (TPSA) is 107 Å². The third-order valence-electron chi connectivity index (χ3n) is 4.70. The minimum Gasteiger partial charge on any atom is -0.480 e. The van der Waals surface area contributed by atoms with E-state index in [2.05, 4.69) is 25.6 Å². The molecule has 0 saturated carbocycles. The fourth-order valence-corrected chi connectivity index (χ4v) is 3.22. The molecule has 154 valence electrons. The number of rotatable bonds is 7. The van der Waals surface area contributed by atoms with Crippen molar-refractivity contribution in [2.45, 2.75) is 0 Å². The minimum atomic E-state index is -0.813. The van der Waals surface area contributed by atoms with Crippen molar-refractivity contribution >= 4 is 35.2 Å². The molecule has 30 heavy (non-hydrogen) atoms. The number of carboxylic acids is 1. The maximum Gasteiger partial charge on any atom is 0.317 e. The SMILES string of the molecule is O=C(O)CN1CCN(c2nc(Nc3ccccc3)nc(Nc3ccccc3)n2)CC1. The van der Waals surface area contributed by atoms with E-state index < -0.39 is 5.97 Å². The number of piperazine rings is 1. The summed E-state index contributed by atoms with van der Waals surface area (Å²) in [6, 6.07) is 19.4. The van der Waals surface area contributed by atoms with Crippen LogP contribution in [0.3, 0.4) is 0 Å². The molecule has 4 rings (SSSR count). The number of nitrogens with one attached hydrogen (secondary N) is 2. The van der Waals surface area contributed by atoms with E-state index in [1.165, 1.54) is 0 Å². The molecule has 3 N–H and O–H groups in total. The van der Waals surface area contributed by atoms with Crippen molar-refractivity contribution in [1.82, 2.24) is 19.9 Å². The smallest absolute Gasteiger partial charge is 0.317 e. The Kier molecular flexibility index (Phi) is 6.00. The lowest BCUT2D eigenvalue weighted by molar-refractivity contribution is -0.138. The van der Waals surface area contributed by atoms with Gasteiger partial charge in [-0.3, -0.25) is 9.69 Å². The molecule has 0 bridgehead atoms. The standard InChI is InChI=1S/C21H23N7O2/c29-18(30)15-27-11-13-28(14-12-27)21-25-19(22-16-7-3-1-4-8-16)24-20(26-21)23-17-9-5-2-6-10-17/h1-10H,11-15H2,(H,29,30)(H2,22,23,24,25,26). The maximum absolute atomic E-state index is 11.0. The largest absolute Gasteiger partial charge is 0.480 e. The van der Waals surface area contributed by atoms with Crippen molar-refractivity contribution in [2.75, 3.05) is 48.3 Å². The zero-order valence-electron chi connectivity index (χ0n) is 16.4. The first-order valence-electron chi connectivity index (χ1n) is 9.75. The number of carboxylic acid groups (broad SMARTS) is 1. The zero-order chi connectivity index (χ0) is 20.8. The lowest BCUT2D eigenvalue weighted by Gasteiger charge is -2.33. The second-order valence-electron chi connectivity index (χ2n) is 6.92. The molecule has 1 aliphatic heterocycles. The summed E-state index contributed by atoms with van der Waals surface area (Å²) in [5.74, 6) is 0.624. The Morgan fingerprint density at radius 1 is 0.800 bits per heavy atom. The highest BCUT2D eigenvalue weighted by atomic mass is 16.4. The highest BCUT2D eigenvalue weighted by Gasteiger charge is 2.22. The van der Waals surface area contributed by atoms with Gasteiger partial charge in [-0.15, -0.1) is 0 Å². The van der Waals surface area contributed by atoms with Crippen LogP contribution in [0.1, 0.15) is 0 Å². The number of aromatic nitrogens is 3. The predicted octanol–water partition coefficient (Wildman–Crippen LogP) is 2.57. The molecule has 0 spiro atoms. The molecule has 0 atom stereocenters. The molecule has 3 aromatic rings. The highest BCUT2D eigenvalue weighted by Crippen LogP contribution is 2.21. The van der Waals surface area contributed by atoms with E-state index in [4.69, 9.17) is 5.11 Å². The van der Waals surface area contributed by atoms with Crippen LogP contribution in [0, 0.1) is 0 Å². The van der Waals surface area contributed by atoms with E-state index in [-0.39, 0.29) is 6.54 Å². The number of para-hydroxylation sites is 2. The first kappa shape index (κ1) is 19.6. The fourth-order valence-electron chi connectivity index (χ4n) is 3.22. The molecule has 2 aromatic carbocycles. The Balaban J connectivity index is 1.56. The molecular weight excluding hydrogens is 382 g/mol. The Morgan fingerprint density at radius 3 is 1.77 bits per heavy atom. The molecule has 9 nitrogen and oxygen atoms in total. The second kappa shape index (κ2) is 9.19. The zero-order valence-corrected chi connectivity index (χ0v) is 16.4. The molecule has 1 aliphatic rings. The molecule has 0 unspecified atom stereocenters. The normalized spacial score (nSPS) is 14.3. The van der Waals surface area contributed by atoms with Crippen LogP contribution in [0.2, 0.25) is 0 Å². The van der Waals surface area contributed by atoms with E-state index in [9.17, 15) is 4.79 Å². The van der Waals surface area contributed by atoms with Crippen molar-refractivity contribution in [3.05, 3.63) is 60.7 Å². The molecule has 0 amide bonds. The third-order valence-corrected chi connectivity index (χ3v) is 4.70. The van der Waals surface area contributed by atoms with Gasteiger partial charge in [0.15, 0.2) is 0 Å². The lowest BCUT2D eigenvalue weighted by Crippen LogP contribution is -2.48. The van der Waals surface area contributed by atoms with Crippen LogP contribution in [0.4, 0.5) is 29.2 Å². The van der Waals surface area contributed by atoms with E-state index in [0.29, 0.717) is 44.0 Å². The van der Waals surface area contributed by atoms with Gasteiger partial charge in [-0.2, -0.15) is 15.0 Å². The summed E-state index contributed by atoms with van der Waals surface area (Å²) in [7, 11) is 0. The molecule has 0 aliphatic carbocycles. The van der Waals surface area contributed by atoms with Gasteiger partial charge in [-0.25, -0.2) is 0 Å². The number of carbonyl (C=O) groups is 1. The summed E-state index contributed by atoms with van der Waals surface area (Å²) in [5, 5.41) is 15.5. The van der Waals surface area contributed by atoms with Gasteiger partial charge < -0.3 is 20.6 Å². The average molecular weight is 405 g/mol. The number of hydrogen-bond acceptors (Lipinski definition) is 8. The Hall–Kier alpha value is -3.72. The Bertz CT molecular complexity index is 917. The van der Waals surface area contributed by atoms with E-state index in [1.54, 1.807) is 0 Å². The van der Waals surface area contributed by atoms with Gasteiger partial charge in [-0.05, 0) is 24.3 Å². The molecule has 1 saturated heterocycles. The first-order chi connectivity index (χ1) is 14.7. The summed E-state index contributed by atoms with van der Waals surface area (Å²) in [6.07, 6.45) is 0. The van der Waals surface area contributed by atoms with Crippen LogP contribution in [-0.2, 0) is 4.79 Å². The Morgan fingerprint density at radius 2 is 1.30 bits per heavy atom. The molecule has 9 heteroatoms. The number of hydrogen-bond donors (Lipinski definition) is 3. The van der Waals surface area contributed by atoms with Crippen LogP contribution in [0.15, 0.2) is 60.7 Å². The van der Waals surface area contributed by atoms with Crippen molar-refractivity contribution in [1.29, 1.82) is 0 Å². The first-order valence-corrected chi connectivity index (χ1v) is 9.75. The van der Waals surface area contributed by atoms with Crippen molar-refractivity contribution in [2.24, 2.45) is 0 Å². The van der Waals surface area contributed by atoms with E-state index >= 15 is 0 Å². The average Bonchev–Trinajstić information content (AvgIpc) is 2.75. The van der Waals surface area contributed by atoms with Gasteiger partial charge in [0.05, 0.1) is 6.54 Å². The molecule has 2 heterocycles. The summed E-state index contributed by atoms with van der Waals surface area (Å²) >= 11 is 0. The second-order valence-corrected chi connectivity index (χ2v) is 6.92. The summed E-state index contributed by atoms with van der Waals surface area (Å²) in [5.41, 5.74) is 1.76. The maximum atomic E-state index is 11.0. The summed E-state index contributed by atoms with van der Waals surface area (Å²) in [6.45, 7) is 2.62. The minimum absolute atomic E-state index is 0.0483. The van der Waals surface area contributed by atoms with Crippen LogP contribution >= 0.6 is 0 Å². The fraction of sp³-hybridized carbons (Fsp3) is 0.238. The van der Waals surface area contributed by atoms with E-state index in [1.807, 2.05) is 70.5 Å². The number of aliphatic carboxylic acids is 1. The van der Waals surface area contributed by atoms with Crippen LogP contribution < -0.4 is 15.5 Å². The van der Waals surface area contributed by atoms with Gasteiger partial charge >= 0.3 is 5.97 Å². The quantitative estimate of drug-likeness (QED) is 0.547. The van der Waals surface area contributed by atoms with E-state index in [0.717, 1.165) is 11.4 Å². The molecular formula is C21H23N7O2. The summed E-state index contributed by atoms with van der Waals surface area (Å²) < 4.78 is 0. The van der Waals surface area contributed by atoms with Gasteiger partial charge in [0, 0.05) is 37.6 Å². The summed E-state index contributed by atoms with van der Waals surface area (Å²) in [4.78, 5) is 28.6. The molecule has 0 radical (unpaired) electrons. The highest BCUT2D eigenvalue weighted by molar-refractivity contribution is 5.69.